The SMILES string of the molecule is C/C(=N/NC(=O)COc1ccc(Cl)cc1Cl)c1ccc(Cl)cc1. The van der Waals surface area contributed by atoms with Gasteiger partial charge in [0.15, 0.2) is 6.61 Å². The smallest absolute Gasteiger partial charge is 0.277 e. The summed E-state index contributed by atoms with van der Waals surface area (Å²) >= 11 is 17.6. The third kappa shape index (κ3) is 5.43. The highest BCUT2D eigenvalue weighted by atomic mass is 35.5. The number of carbonyl (C=O) groups is 1. The summed E-state index contributed by atoms with van der Waals surface area (Å²) in [6.45, 7) is 1.57. The second-order valence-corrected chi connectivity index (χ2v) is 5.88. The molecule has 0 saturated heterocycles. The third-order valence-corrected chi connectivity index (χ3v) is 3.65. The van der Waals surface area contributed by atoms with Gasteiger partial charge in [0.25, 0.3) is 5.91 Å². The number of nitrogens with one attached hydrogen (secondary N) is 1. The van der Waals surface area contributed by atoms with Crippen LogP contribution in [0.5, 0.6) is 5.75 Å². The molecule has 0 radical (unpaired) electrons. The van der Waals surface area contributed by atoms with Crippen molar-refractivity contribution in [3.05, 3.63) is 63.1 Å². The number of rotatable bonds is 5. The van der Waals surface area contributed by atoms with Crippen molar-refractivity contribution in [1.82, 2.24) is 5.43 Å². The summed E-state index contributed by atoms with van der Waals surface area (Å²) < 4.78 is 5.32. The van der Waals surface area contributed by atoms with Gasteiger partial charge in [0, 0.05) is 10.0 Å². The van der Waals surface area contributed by atoms with E-state index in [1.54, 1.807) is 37.3 Å². The summed E-state index contributed by atoms with van der Waals surface area (Å²) in [6.07, 6.45) is 0. The molecule has 0 aliphatic heterocycles. The fourth-order valence-electron chi connectivity index (χ4n) is 1.67. The molecule has 2 aromatic carbocycles. The molecule has 2 rings (SSSR count). The quantitative estimate of drug-likeness (QED) is 0.618. The van der Waals surface area contributed by atoms with E-state index in [9.17, 15) is 4.79 Å². The van der Waals surface area contributed by atoms with Crippen LogP contribution in [-0.4, -0.2) is 18.2 Å². The van der Waals surface area contributed by atoms with Crippen LogP contribution in [0.2, 0.25) is 15.1 Å². The van der Waals surface area contributed by atoms with Crippen molar-refractivity contribution in [1.29, 1.82) is 0 Å². The van der Waals surface area contributed by atoms with Crippen molar-refractivity contribution in [3.8, 4) is 5.75 Å². The minimum absolute atomic E-state index is 0.210. The average molecular weight is 372 g/mol. The molecule has 7 heteroatoms. The monoisotopic (exact) mass is 370 g/mol. The van der Waals surface area contributed by atoms with E-state index in [0.29, 0.717) is 26.5 Å². The fourth-order valence-corrected chi connectivity index (χ4v) is 2.26. The first-order valence-corrected chi connectivity index (χ1v) is 7.76. The predicted octanol–water partition coefficient (Wildman–Crippen LogP) is 4.57. The van der Waals surface area contributed by atoms with Crippen LogP contribution >= 0.6 is 34.8 Å². The Morgan fingerprint density at radius 2 is 1.74 bits per heavy atom. The van der Waals surface area contributed by atoms with E-state index in [0.717, 1.165) is 5.56 Å². The topological polar surface area (TPSA) is 50.7 Å². The van der Waals surface area contributed by atoms with Crippen molar-refractivity contribution in [3.63, 3.8) is 0 Å². The van der Waals surface area contributed by atoms with Crippen molar-refractivity contribution < 1.29 is 9.53 Å². The summed E-state index contributed by atoms with van der Waals surface area (Å²) in [5.74, 6) is -0.0195. The minimum atomic E-state index is -0.399. The first-order chi connectivity index (χ1) is 11.0. The van der Waals surface area contributed by atoms with Gasteiger partial charge in [0.2, 0.25) is 0 Å². The summed E-state index contributed by atoms with van der Waals surface area (Å²) in [5, 5.41) is 5.48. The largest absolute Gasteiger partial charge is 0.482 e. The molecule has 1 amide bonds. The van der Waals surface area contributed by atoms with Crippen LogP contribution in [-0.2, 0) is 4.79 Å². The molecule has 2 aromatic rings. The Morgan fingerprint density at radius 3 is 2.39 bits per heavy atom. The first-order valence-electron chi connectivity index (χ1n) is 6.62. The molecule has 0 fully saturated rings. The molecule has 120 valence electrons. The molecule has 0 atom stereocenters. The zero-order valence-corrected chi connectivity index (χ0v) is 14.4. The van der Waals surface area contributed by atoms with Crippen LogP contribution < -0.4 is 10.2 Å². The van der Waals surface area contributed by atoms with Gasteiger partial charge in [-0.05, 0) is 42.8 Å². The van der Waals surface area contributed by atoms with Gasteiger partial charge in [-0.15, -0.1) is 0 Å². The van der Waals surface area contributed by atoms with Crippen LogP contribution in [0.4, 0.5) is 0 Å². The zero-order valence-electron chi connectivity index (χ0n) is 12.1. The lowest BCUT2D eigenvalue weighted by atomic mass is 10.1. The van der Waals surface area contributed by atoms with Crippen LogP contribution in [0.25, 0.3) is 0 Å². The van der Waals surface area contributed by atoms with Gasteiger partial charge in [-0.25, -0.2) is 5.43 Å². The van der Waals surface area contributed by atoms with Crippen LogP contribution in [0.1, 0.15) is 12.5 Å². The number of benzene rings is 2. The lowest BCUT2D eigenvalue weighted by Gasteiger charge is -2.07. The lowest BCUT2D eigenvalue weighted by molar-refractivity contribution is -0.123. The Hall–Kier alpha value is -1.75. The number of halogens is 3. The van der Waals surface area contributed by atoms with Crippen molar-refractivity contribution >= 4 is 46.4 Å². The van der Waals surface area contributed by atoms with Gasteiger partial charge in [0.1, 0.15) is 5.75 Å². The maximum atomic E-state index is 11.8. The van der Waals surface area contributed by atoms with Crippen molar-refractivity contribution in [2.24, 2.45) is 5.10 Å². The molecule has 0 aliphatic carbocycles. The highest BCUT2D eigenvalue weighted by Crippen LogP contribution is 2.27. The Kier molecular flexibility index (Phi) is 6.28. The second kappa shape index (κ2) is 8.20. The number of carbonyl (C=O) groups excluding carboxylic acids is 1. The van der Waals surface area contributed by atoms with E-state index in [1.165, 1.54) is 0 Å². The molecule has 0 aliphatic rings. The van der Waals surface area contributed by atoms with Gasteiger partial charge < -0.3 is 4.74 Å². The van der Waals surface area contributed by atoms with Crippen LogP contribution in [0.15, 0.2) is 47.6 Å². The number of hydrogen-bond donors (Lipinski definition) is 1. The molecule has 0 spiro atoms. The molecule has 0 bridgehead atoms. The van der Waals surface area contributed by atoms with Crippen molar-refractivity contribution in [2.75, 3.05) is 6.61 Å². The highest BCUT2D eigenvalue weighted by Gasteiger charge is 2.06. The molecule has 0 aromatic heterocycles. The molecule has 0 heterocycles. The second-order valence-electron chi connectivity index (χ2n) is 4.60. The minimum Gasteiger partial charge on any atom is -0.482 e. The lowest BCUT2D eigenvalue weighted by Crippen LogP contribution is -2.25. The summed E-state index contributed by atoms with van der Waals surface area (Å²) in [5.41, 5.74) is 3.93. The fraction of sp³-hybridized carbons (Fsp3) is 0.125. The number of nitrogens with zero attached hydrogens (tertiary/aromatic N) is 1. The Balaban J connectivity index is 1.89. The van der Waals surface area contributed by atoms with Gasteiger partial charge in [-0.3, -0.25) is 4.79 Å². The van der Waals surface area contributed by atoms with Crippen molar-refractivity contribution in [2.45, 2.75) is 6.92 Å². The molecule has 1 N–H and O–H groups in total. The molecule has 23 heavy (non-hydrogen) atoms. The van der Waals surface area contributed by atoms with Crippen LogP contribution in [0, 0.1) is 0 Å². The Morgan fingerprint density at radius 1 is 1.09 bits per heavy atom. The molecule has 0 unspecified atom stereocenters. The van der Waals surface area contributed by atoms with E-state index in [-0.39, 0.29) is 6.61 Å². The number of ether oxygens (including phenoxy) is 1. The number of hydrazone groups is 1. The molecular weight excluding hydrogens is 359 g/mol. The predicted molar refractivity (Wildman–Crippen MR) is 93.8 cm³/mol. The van der Waals surface area contributed by atoms with Gasteiger partial charge in [-0.2, -0.15) is 5.10 Å². The zero-order chi connectivity index (χ0) is 16.8. The third-order valence-electron chi connectivity index (χ3n) is 2.86. The first kappa shape index (κ1) is 17.6. The average Bonchev–Trinajstić information content (AvgIpc) is 2.52. The number of hydrogen-bond acceptors (Lipinski definition) is 3. The summed E-state index contributed by atoms with van der Waals surface area (Å²) in [6, 6.07) is 11.9. The Labute approximate surface area is 149 Å². The maximum absolute atomic E-state index is 11.8. The molecule has 0 saturated carbocycles. The summed E-state index contributed by atoms with van der Waals surface area (Å²) in [7, 11) is 0. The maximum Gasteiger partial charge on any atom is 0.277 e. The Bertz CT molecular complexity index is 731. The van der Waals surface area contributed by atoms with Crippen LogP contribution in [0.3, 0.4) is 0 Å². The van der Waals surface area contributed by atoms with Gasteiger partial charge >= 0.3 is 0 Å². The van der Waals surface area contributed by atoms with E-state index in [1.807, 2.05) is 12.1 Å². The molecular formula is C16H13Cl3N2O2. The normalized spacial score (nSPS) is 11.2. The molecule has 4 nitrogen and oxygen atoms in total. The van der Waals surface area contributed by atoms with E-state index in [2.05, 4.69) is 10.5 Å². The van der Waals surface area contributed by atoms with E-state index < -0.39 is 5.91 Å². The standard InChI is InChI=1S/C16H13Cl3N2O2/c1-10(11-2-4-12(17)5-3-11)20-21-16(22)9-23-15-7-6-13(18)8-14(15)19/h2-8H,9H2,1H3,(H,21,22)/b20-10-. The highest BCUT2D eigenvalue weighted by molar-refractivity contribution is 6.35. The van der Waals surface area contributed by atoms with Gasteiger partial charge in [-0.1, -0.05) is 46.9 Å². The van der Waals surface area contributed by atoms with E-state index >= 15 is 0 Å². The summed E-state index contributed by atoms with van der Waals surface area (Å²) in [4.78, 5) is 11.8. The van der Waals surface area contributed by atoms with Gasteiger partial charge in [0.05, 0.1) is 10.7 Å². The number of amides is 1. The van der Waals surface area contributed by atoms with E-state index in [4.69, 9.17) is 39.5 Å².